The monoisotopic (exact) mass is 419 g/mol. The molecule has 0 heterocycles. The normalized spacial score (nSPS) is 11.1. The molecule has 0 aliphatic rings. The number of hydrogen-bond acceptors (Lipinski definition) is 3. The van der Waals surface area contributed by atoms with Crippen LogP contribution in [0.25, 0.3) is 0 Å². The van der Waals surface area contributed by atoms with E-state index in [1.807, 2.05) is 36.4 Å². The van der Waals surface area contributed by atoms with Crippen LogP contribution in [0.2, 0.25) is 0 Å². The van der Waals surface area contributed by atoms with Gasteiger partial charge in [-0.15, -0.1) is 0 Å². The average Bonchev–Trinajstić information content (AvgIpc) is 2.60. The lowest BCUT2D eigenvalue weighted by molar-refractivity contribution is -0.116. The Morgan fingerprint density at radius 2 is 1.73 bits per heavy atom. The van der Waals surface area contributed by atoms with Gasteiger partial charge >= 0.3 is 0 Å². The second kappa shape index (κ2) is 9.08. The maximum atomic E-state index is 12.1. The molecule has 0 unspecified atom stereocenters. The summed E-state index contributed by atoms with van der Waals surface area (Å²) in [7, 11) is 1.63. The van der Waals surface area contributed by atoms with Crippen LogP contribution in [0.3, 0.4) is 0 Å². The first kappa shape index (κ1) is 20.3. The van der Waals surface area contributed by atoms with E-state index in [1.54, 1.807) is 7.11 Å². The highest BCUT2D eigenvalue weighted by molar-refractivity contribution is 9.10. The summed E-state index contributed by atoms with van der Waals surface area (Å²) in [5.74, 6) is 1.54. The number of methoxy groups -OCH3 is 1. The summed E-state index contributed by atoms with van der Waals surface area (Å²) >= 11 is 3.54. The molecule has 0 radical (unpaired) electrons. The van der Waals surface area contributed by atoms with Crippen molar-refractivity contribution >= 4 is 27.5 Å². The highest BCUT2D eigenvalue weighted by Crippen LogP contribution is 2.30. The fraction of sp³-hybridized carbons (Fsp3) is 0.381. The number of anilines is 1. The second-order valence-corrected chi connectivity index (χ2v) is 7.97. The number of halogens is 1. The Bertz CT molecular complexity index is 736. The van der Waals surface area contributed by atoms with Crippen LogP contribution in [0.1, 0.15) is 39.2 Å². The smallest absolute Gasteiger partial charge is 0.224 e. The van der Waals surface area contributed by atoms with Crippen molar-refractivity contribution in [1.82, 2.24) is 0 Å². The first-order chi connectivity index (χ1) is 12.3. The van der Waals surface area contributed by atoms with E-state index in [2.05, 4.69) is 48.1 Å². The first-order valence-corrected chi connectivity index (χ1v) is 9.45. The summed E-state index contributed by atoms with van der Waals surface area (Å²) in [6, 6.07) is 13.5. The number of ether oxygens (including phenoxy) is 2. The molecule has 0 spiro atoms. The molecule has 5 heteroatoms. The molecule has 0 aliphatic heterocycles. The van der Waals surface area contributed by atoms with Gasteiger partial charge in [-0.1, -0.05) is 26.8 Å². The molecule has 2 rings (SSSR count). The van der Waals surface area contributed by atoms with Gasteiger partial charge < -0.3 is 14.8 Å². The third-order valence-electron chi connectivity index (χ3n) is 3.99. The van der Waals surface area contributed by atoms with Gasteiger partial charge in [-0.05, 0) is 69.7 Å². The lowest BCUT2D eigenvalue weighted by atomic mass is 9.87. The lowest BCUT2D eigenvalue weighted by Gasteiger charge is -2.20. The van der Waals surface area contributed by atoms with E-state index in [0.717, 1.165) is 21.7 Å². The number of hydrogen-bond donors (Lipinski definition) is 1. The molecule has 0 saturated carbocycles. The standard InChI is InChI=1S/C21H26BrNO3/c1-21(2,3)15-7-12-19(18(22)14-15)23-20(24)6-5-13-26-17-10-8-16(25-4)9-11-17/h7-12,14H,5-6,13H2,1-4H3,(H,23,24). The Balaban J connectivity index is 1.78. The molecule has 1 amide bonds. The average molecular weight is 420 g/mol. The highest BCUT2D eigenvalue weighted by atomic mass is 79.9. The molecule has 0 aromatic heterocycles. The molecule has 0 saturated heterocycles. The second-order valence-electron chi connectivity index (χ2n) is 7.12. The van der Waals surface area contributed by atoms with E-state index in [4.69, 9.17) is 9.47 Å². The Labute approximate surface area is 164 Å². The van der Waals surface area contributed by atoms with E-state index < -0.39 is 0 Å². The molecular formula is C21H26BrNO3. The fourth-order valence-electron chi connectivity index (χ4n) is 2.39. The van der Waals surface area contributed by atoms with Crippen LogP contribution in [0.5, 0.6) is 11.5 Å². The van der Waals surface area contributed by atoms with Gasteiger partial charge in [0.05, 0.1) is 19.4 Å². The van der Waals surface area contributed by atoms with Crippen molar-refractivity contribution in [2.45, 2.75) is 39.0 Å². The van der Waals surface area contributed by atoms with Crippen molar-refractivity contribution in [3.8, 4) is 11.5 Å². The zero-order valence-corrected chi connectivity index (χ0v) is 17.4. The van der Waals surface area contributed by atoms with Crippen LogP contribution in [-0.4, -0.2) is 19.6 Å². The zero-order chi connectivity index (χ0) is 19.2. The largest absolute Gasteiger partial charge is 0.497 e. The predicted octanol–water partition coefficient (Wildman–Crippen LogP) is 5.55. The summed E-state index contributed by atoms with van der Waals surface area (Å²) in [6.07, 6.45) is 1.05. The van der Waals surface area contributed by atoms with Gasteiger partial charge in [-0.25, -0.2) is 0 Å². The van der Waals surface area contributed by atoms with Crippen LogP contribution in [0, 0.1) is 0 Å². The SMILES string of the molecule is COc1ccc(OCCCC(=O)Nc2ccc(C(C)(C)C)cc2Br)cc1. The molecule has 0 bridgehead atoms. The third-order valence-corrected chi connectivity index (χ3v) is 4.64. The predicted molar refractivity (Wildman–Crippen MR) is 109 cm³/mol. The number of carbonyl (C=O) groups excluding carboxylic acids is 1. The van der Waals surface area contributed by atoms with E-state index in [1.165, 1.54) is 5.56 Å². The minimum Gasteiger partial charge on any atom is -0.497 e. The van der Waals surface area contributed by atoms with Gasteiger partial charge in [0, 0.05) is 10.9 Å². The molecular weight excluding hydrogens is 394 g/mol. The number of nitrogens with one attached hydrogen (secondary N) is 1. The van der Waals surface area contributed by atoms with Crippen LogP contribution >= 0.6 is 15.9 Å². The van der Waals surface area contributed by atoms with Crippen molar-refractivity contribution in [3.05, 3.63) is 52.5 Å². The Hall–Kier alpha value is -2.01. The van der Waals surface area contributed by atoms with Crippen LogP contribution in [0.4, 0.5) is 5.69 Å². The lowest BCUT2D eigenvalue weighted by Crippen LogP contribution is -2.14. The van der Waals surface area contributed by atoms with Crippen molar-refractivity contribution in [2.24, 2.45) is 0 Å². The minimum absolute atomic E-state index is 0.0208. The van der Waals surface area contributed by atoms with E-state index in [9.17, 15) is 4.79 Å². The van der Waals surface area contributed by atoms with Crippen LogP contribution in [0.15, 0.2) is 46.9 Å². The van der Waals surface area contributed by atoms with Crippen molar-refractivity contribution in [3.63, 3.8) is 0 Å². The third kappa shape index (κ3) is 6.06. The Morgan fingerprint density at radius 3 is 2.31 bits per heavy atom. The first-order valence-electron chi connectivity index (χ1n) is 8.66. The Kier molecular flexibility index (Phi) is 7.09. The summed E-state index contributed by atoms with van der Waals surface area (Å²) in [5.41, 5.74) is 2.08. The number of amides is 1. The quantitative estimate of drug-likeness (QED) is 0.598. The summed E-state index contributed by atoms with van der Waals surface area (Å²) in [5, 5.41) is 2.94. The summed E-state index contributed by atoms with van der Waals surface area (Å²) in [6.45, 7) is 6.98. The molecule has 0 atom stereocenters. The molecule has 2 aromatic carbocycles. The maximum Gasteiger partial charge on any atom is 0.224 e. The molecule has 0 aliphatic carbocycles. The van der Waals surface area contributed by atoms with Gasteiger partial charge in [0.25, 0.3) is 0 Å². The van der Waals surface area contributed by atoms with Gasteiger partial charge in [0.2, 0.25) is 5.91 Å². The number of carbonyl (C=O) groups is 1. The summed E-state index contributed by atoms with van der Waals surface area (Å²) < 4.78 is 11.6. The molecule has 140 valence electrons. The van der Waals surface area contributed by atoms with Crippen LogP contribution < -0.4 is 14.8 Å². The van der Waals surface area contributed by atoms with Crippen molar-refractivity contribution < 1.29 is 14.3 Å². The van der Waals surface area contributed by atoms with Gasteiger partial charge in [-0.3, -0.25) is 4.79 Å². The molecule has 0 fully saturated rings. The Morgan fingerprint density at radius 1 is 1.08 bits per heavy atom. The van der Waals surface area contributed by atoms with Crippen LogP contribution in [-0.2, 0) is 10.2 Å². The number of benzene rings is 2. The molecule has 2 aromatic rings. The molecule has 4 nitrogen and oxygen atoms in total. The summed E-state index contributed by atoms with van der Waals surface area (Å²) in [4.78, 5) is 12.1. The van der Waals surface area contributed by atoms with E-state index in [-0.39, 0.29) is 11.3 Å². The zero-order valence-electron chi connectivity index (χ0n) is 15.8. The topological polar surface area (TPSA) is 47.6 Å². The van der Waals surface area contributed by atoms with E-state index in [0.29, 0.717) is 19.4 Å². The minimum atomic E-state index is -0.0208. The molecule has 1 N–H and O–H groups in total. The van der Waals surface area contributed by atoms with Gasteiger partial charge in [0.15, 0.2) is 0 Å². The van der Waals surface area contributed by atoms with Crippen molar-refractivity contribution in [2.75, 3.05) is 19.0 Å². The highest BCUT2D eigenvalue weighted by Gasteiger charge is 2.15. The van der Waals surface area contributed by atoms with Gasteiger partial charge in [0.1, 0.15) is 11.5 Å². The fourth-order valence-corrected chi connectivity index (χ4v) is 2.87. The molecule has 26 heavy (non-hydrogen) atoms. The number of rotatable bonds is 7. The van der Waals surface area contributed by atoms with E-state index >= 15 is 0 Å². The van der Waals surface area contributed by atoms with Gasteiger partial charge in [-0.2, -0.15) is 0 Å². The van der Waals surface area contributed by atoms with Crippen molar-refractivity contribution in [1.29, 1.82) is 0 Å². The maximum absolute atomic E-state index is 12.1.